The van der Waals surface area contributed by atoms with E-state index in [4.69, 9.17) is 67.5 Å². The van der Waals surface area contributed by atoms with Crippen molar-refractivity contribution in [2.45, 2.75) is 44.7 Å². The van der Waals surface area contributed by atoms with Gasteiger partial charge in [-0.2, -0.15) is 20.5 Å². The summed E-state index contributed by atoms with van der Waals surface area (Å²) in [7, 11) is 3.00. The summed E-state index contributed by atoms with van der Waals surface area (Å²) in [5.74, 6) is -2.60. The SMILES string of the molecule is COc1ccc(CCCl)c(NC(=O)c2cc(N=NC(C(C)=O)C(=O)Nc3ccc(NC(=O)C(N=Nc4ccc(Cl)c(C(=O)Nc5cc(OC)ccc5CCCl)c4)C(C)=O)c(CCl)c3)ccc2Cl)c1. The molecule has 5 rings (SSSR count). The molecule has 68 heavy (non-hydrogen) atoms. The number of anilines is 4. The van der Waals surface area contributed by atoms with E-state index in [2.05, 4.69) is 41.7 Å². The van der Waals surface area contributed by atoms with Crippen LogP contribution in [-0.2, 0) is 37.9 Å². The van der Waals surface area contributed by atoms with Crippen molar-refractivity contribution < 1.29 is 38.2 Å². The second-order valence-electron chi connectivity index (χ2n) is 14.6. The maximum atomic E-state index is 13.4. The smallest absolute Gasteiger partial charge is 0.258 e. The zero-order chi connectivity index (χ0) is 49.5. The van der Waals surface area contributed by atoms with Crippen LogP contribution in [0.5, 0.6) is 11.5 Å². The molecule has 16 nitrogen and oxygen atoms in total. The molecule has 2 unspecified atom stereocenters. The van der Waals surface area contributed by atoms with Crippen molar-refractivity contribution in [3.05, 3.63) is 129 Å². The molecule has 0 spiro atoms. The summed E-state index contributed by atoms with van der Waals surface area (Å²) in [5.41, 5.74) is 3.53. The molecule has 2 atom stereocenters. The first-order chi connectivity index (χ1) is 32.6. The minimum atomic E-state index is -1.62. The van der Waals surface area contributed by atoms with Crippen molar-refractivity contribution in [2.24, 2.45) is 20.5 Å². The third-order valence-electron chi connectivity index (χ3n) is 9.87. The average Bonchev–Trinajstić information content (AvgIpc) is 3.31. The van der Waals surface area contributed by atoms with E-state index in [9.17, 15) is 28.8 Å². The third-order valence-corrected chi connectivity index (χ3v) is 11.2. The summed E-state index contributed by atoms with van der Waals surface area (Å²) < 4.78 is 10.6. The Balaban J connectivity index is 1.26. The fourth-order valence-corrected chi connectivity index (χ4v) is 7.35. The minimum Gasteiger partial charge on any atom is -0.497 e. The minimum absolute atomic E-state index is 0.0451. The molecule has 0 radical (unpaired) electrons. The molecule has 354 valence electrons. The van der Waals surface area contributed by atoms with E-state index in [1.54, 1.807) is 36.4 Å². The number of carbonyl (C=O) groups excluding carboxylic acids is 6. The lowest BCUT2D eigenvalue weighted by Gasteiger charge is -2.15. The van der Waals surface area contributed by atoms with Gasteiger partial charge in [-0.25, -0.2) is 0 Å². The van der Waals surface area contributed by atoms with Gasteiger partial charge in [0.2, 0.25) is 12.1 Å². The highest BCUT2D eigenvalue weighted by Crippen LogP contribution is 2.30. The molecule has 0 aromatic heterocycles. The average molecular weight is 1030 g/mol. The van der Waals surface area contributed by atoms with E-state index in [-0.39, 0.29) is 49.8 Å². The Morgan fingerprint density at radius 3 is 1.40 bits per heavy atom. The molecule has 0 aliphatic rings. The lowest BCUT2D eigenvalue weighted by Crippen LogP contribution is -2.32. The number of aryl methyl sites for hydroxylation is 2. The highest BCUT2D eigenvalue weighted by atomic mass is 35.5. The van der Waals surface area contributed by atoms with Crippen LogP contribution in [0.2, 0.25) is 10.0 Å². The predicted molar refractivity (Wildman–Crippen MR) is 265 cm³/mol. The third kappa shape index (κ3) is 14.1. The standard InChI is InChI=1S/C47H43Cl5N8O8/c1-25(61)42(59-57-31-7-12-37(51)35(20-31)44(63)55-40-22-33(67-3)10-5-27(40)15-17-48)46(65)53-30-9-14-39(29(19-30)24-50)54-47(66)43(26(2)62)60-58-32-8-13-38(52)36(21-32)45(64)56-41-23-34(68-4)11-6-28(41)16-18-49/h5-14,19-23,42-43H,15-18,24H2,1-4H3,(H,53,65)(H,54,66)(H,55,63)(H,56,64). The molecule has 0 fully saturated rings. The topological polar surface area (TPSA) is 218 Å². The number of ether oxygens (including phenoxy) is 2. The zero-order valence-electron chi connectivity index (χ0n) is 36.8. The Kier molecular flexibility index (Phi) is 19.4. The fourth-order valence-electron chi connectivity index (χ4n) is 6.32. The Labute approximate surface area is 416 Å². The van der Waals surface area contributed by atoms with Gasteiger partial charge in [0, 0.05) is 52.5 Å². The van der Waals surface area contributed by atoms with Gasteiger partial charge < -0.3 is 30.7 Å². The van der Waals surface area contributed by atoms with Crippen LogP contribution >= 0.6 is 58.0 Å². The van der Waals surface area contributed by atoms with E-state index in [1.165, 1.54) is 68.8 Å². The van der Waals surface area contributed by atoms with E-state index < -0.39 is 47.3 Å². The highest BCUT2D eigenvalue weighted by Gasteiger charge is 2.26. The molecule has 0 aliphatic heterocycles. The predicted octanol–water partition coefficient (Wildman–Crippen LogP) is 11.2. The van der Waals surface area contributed by atoms with Crippen LogP contribution in [0.4, 0.5) is 34.1 Å². The van der Waals surface area contributed by atoms with E-state index in [0.29, 0.717) is 53.0 Å². The number of alkyl halides is 3. The van der Waals surface area contributed by atoms with Gasteiger partial charge >= 0.3 is 0 Å². The number of carbonyl (C=O) groups is 6. The number of rotatable bonds is 21. The maximum absolute atomic E-state index is 13.4. The Morgan fingerprint density at radius 2 is 0.985 bits per heavy atom. The number of amides is 4. The molecular weight excluding hydrogens is 982 g/mol. The van der Waals surface area contributed by atoms with Gasteiger partial charge in [-0.05, 0) is 110 Å². The summed E-state index contributed by atoms with van der Waals surface area (Å²) in [4.78, 5) is 78.9. The Hall–Kier alpha value is -6.43. The fraction of sp³-hybridized carbons (Fsp3) is 0.234. The largest absolute Gasteiger partial charge is 0.497 e. The summed E-state index contributed by atoms with van der Waals surface area (Å²) in [6.45, 7) is 2.32. The first-order valence-corrected chi connectivity index (χ1v) is 22.8. The van der Waals surface area contributed by atoms with Crippen molar-refractivity contribution in [1.29, 1.82) is 0 Å². The van der Waals surface area contributed by atoms with Gasteiger partial charge in [-0.1, -0.05) is 35.3 Å². The zero-order valence-corrected chi connectivity index (χ0v) is 40.6. The lowest BCUT2D eigenvalue weighted by molar-refractivity contribution is -0.127. The van der Waals surface area contributed by atoms with Crippen molar-refractivity contribution in [3.63, 3.8) is 0 Å². The number of nitrogens with zero attached hydrogens (tertiary/aromatic N) is 4. The molecular formula is C47H43Cl5N8O8. The lowest BCUT2D eigenvalue weighted by atomic mass is 10.1. The van der Waals surface area contributed by atoms with Crippen molar-refractivity contribution in [1.82, 2.24) is 0 Å². The van der Waals surface area contributed by atoms with Gasteiger partial charge in [-0.3, -0.25) is 28.8 Å². The molecule has 0 bridgehead atoms. The number of hydrogen-bond donors (Lipinski definition) is 4. The second kappa shape index (κ2) is 25.1. The maximum Gasteiger partial charge on any atom is 0.258 e. The summed E-state index contributed by atoms with van der Waals surface area (Å²) in [6.07, 6.45) is 0.953. The first-order valence-electron chi connectivity index (χ1n) is 20.4. The Bertz CT molecular complexity index is 2790. The number of ketones is 2. The molecule has 0 aliphatic carbocycles. The number of hydrogen-bond acceptors (Lipinski definition) is 12. The highest BCUT2D eigenvalue weighted by molar-refractivity contribution is 6.35. The van der Waals surface area contributed by atoms with Crippen LogP contribution in [0.15, 0.2) is 111 Å². The normalized spacial score (nSPS) is 12.0. The number of methoxy groups -OCH3 is 2. The monoisotopic (exact) mass is 1020 g/mol. The van der Waals surface area contributed by atoms with Crippen molar-refractivity contribution in [2.75, 3.05) is 47.2 Å². The number of halogens is 5. The molecule has 4 amide bonds. The summed E-state index contributed by atoms with van der Waals surface area (Å²) in [6, 6.07) is 19.9. The summed E-state index contributed by atoms with van der Waals surface area (Å²) in [5, 5.41) is 27.2. The van der Waals surface area contributed by atoms with Crippen LogP contribution in [0.3, 0.4) is 0 Å². The molecule has 0 heterocycles. The molecule has 5 aromatic rings. The number of benzene rings is 5. The van der Waals surface area contributed by atoms with Crippen LogP contribution in [0, 0.1) is 0 Å². The van der Waals surface area contributed by atoms with Crippen molar-refractivity contribution in [3.8, 4) is 11.5 Å². The number of nitrogens with one attached hydrogen (secondary N) is 4. The van der Waals surface area contributed by atoms with Gasteiger partial charge in [0.25, 0.3) is 23.6 Å². The molecule has 4 N–H and O–H groups in total. The quantitative estimate of drug-likeness (QED) is 0.0314. The van der Waals surface area contributed by atoms with Gasteiger partial charge in [0.05, 0.1) is 46.8 Å². The van der Waals surface area contributed by atoms with Gasteiger partial charge in [0.1, 0.15) is 11.5 Å². The summed E-state index contributed by atoms with van der Waals surface area (Å²) >= 11 is 30.9. The number of azo groups is 2. The second-order valence-corrected chi connectivity index (χ2v) is 16.4. The molecule has 0 saturated heterocycles. The molecule has 21 heteroatoms. The van der Waals surface area contributed by atoms with Crippen LogP contribution in [0.1, 0.15) is 51.3 Å². The van der Waals surface area contributed by atoms with E-state index in [0.717, 1.165) is 25.0 Å². The van der Waals surface area contributed by atoms with Crippen LogP contribution < -0.4 is 30.7 Å². The number of Topliss-reactive ketones (excluding diaryl/α,β-unsaturated/α-hetero) is 2. The van der Waals surface area contributed by atoms with Crippen molar-refractivity contribution >= 4 is 127 Å². The van der Waals surface area contributed by atoms with Crippen LogP contribution in [0.25, 0.3) is 0 Å². The van der Waals surface area contributed by atoms with Crippen LogP contribution in [-0.4, -0.2) is 73.3 Å². The van der Waals surface area contributed by atoms with Gasteiger partial charge in [-0.15, -0.1) is 34.8 Å². The van der Waals surface area contributed by atoms with E-state index in [1.807, 2.05) is 0 Å². The molecule has 0 saturated carbocycles. The first kappa shape index (κ1) is 52.5. The Morgan fingerprint density at radius 1 is 0.529 bits per heavy atom. The molecule has 5 aromatic carbocycles. The van der Waals surface area contributed by atoms with Gasteiger partial charge in [0.15, 0.2) is 11.6 Å². The van der Waals surface area contributed by atoms with E-state index >= 15 is 0 Å².